The molecule has 4 aromatic rings. The number of rotatable bonds is 5. The van der Waals surface area contributed by atoms with E-state index in [1.807, 2.05) is 61.7 Å². The Hall–Kier alpha value is -3.52. The molecule has 0 aliphatic heterocycles. The van der Waals surface area contributed by atoms with Gasteiger partial charge in [0.1, 0.15) is 0 Å². The first-order valence-electron chi connectivity index (χ1n) is 9.56. The summed E-state index contributed by atoms with van der Waals surface area (Å²) in [6.45, 7) is 4.23. The lowest BCUT2D eigenvalue weighted by Crippen LogP contribution is -2.36. The second-order valence-corrected chi connectivity index (χ2v) is 7.84. The highest BCUT2D eigenvalue weighted by Gasteiger charge is 2.15. The number of benzene rings is 2. The molecule has 2 N–H and O–H groups in total. The second-order valence-electron chi connectivity index (χ2n) is 7.00. The summed E-state index contributed by atoms with van der Waals surface area (Å²) in [7, 11) is 0. The number of fused-ring (bicyclic) bond motifs is 1. The van der Waals surface area contributed by atoms with Crippen molar-refractivity contribution in [1.29, 1.82) is 0 Å². The van der Waals surface area contributed by atoms with Gasteiger partial charge < -0.3 is 10.6 Å². The van der Waals surface area contributed by atoms with Crippen LogP contribution in [0.25, 0.3) is 16.3 Å². The number of hydrogen-bond acceptors (Lipinski definition) is 5. The first kappa shape index (κ1) is 19.8. The summed E-state index contributed by atoms with van der Waals surface area (Å²) < 4.78 is 1.79. The molecule has 0 aliphatic rings. The number of nitrogens with one attached hydrogen (secondary N) is 2. The number of thiazole rings is 1. The molecule has 4 rings (SSSR count). The van der Waals surface area contributed by atoms with E-state index in [1.165, 1.54) is 11.3 Å². The summed E-state index contributed by atoms with van der Waals surface area (Å²) in [5, 5.41) is 11.9. The number of aromatic nitrogens is 3. The van der Waals surface area contributed by atoms with Crippen LogP contribution in [0, 0.1) is 13.8 Å². The van der Waals surface area contributed by atoms with Crippen molar-refractivity contribution in [2.24, 2.45) is 0 Å². The summed E-state index contributed by atoms with van der Waals surface area (Å²) in [5.41, 5.74) is 4.58. The van der Waals surface area contributed by atoms with Gasteiger partial charge in [-0.15, -0.1) is 16.4 Å². The molecule has 0 saturated heterocycles. The van der Waals surface area contributed by atoms with Crippen LogP contribution in [0.2, 0.25) is 0 Å². The molecular weight excluding hydrogens is 398 g/mol. The van der Waals surface area contributed by atoms with Crippen molar-refractivity contribution in [1.82, 2.24) is 19.9 Å². The minimum absolute atomic E-state index is 0.325. The molecule has 2 aromatic heterocycles. The Labute approximate surface area is 177 Å². The van der Waals surface area contributed by atoms with Gasteiger partial charge >= 0.3 is 11.8 Å². The molecule has 2 heterocycles. The number of carbonyl (C=O) groups excluding carboxylic acids is 2. The first-order chi connectivity index (χ1) is 14.5. The molecule has 0 bridgehead atoms. The molecule has 7 nitrogen and oxygen atoms in total. The van der Waals surface area contributed by atoms with E-state index >= 15 is 0 Å². The average molecular weight is 420 g/mol. The van der Waals surface area contributed by atoms with Crippen molar-refractivity contribution in [3.05, 3.63) is 70.7 Å². The fourth-order valence-corrected chi connectivity index (χ4v) is 3.94. The fraction of sp³-hybridized carbons (Fsp3) is 0.182. The van der Waals surface area contributed by atoms with Crippen molar-refractivity contribution in [3.8, 4) is 11.4 Å². The van der Waals surface area contributed by atoms with E-state index in [0.29, 0.717) is 24.5 Å². The summed E-state index contributed by atoms with van der Waals surface area (Å²) in [6, 6.07) is 15.4. The smallest absolute Gasteiger partial charge is 0.313 e. The monoisotopic (exact) mass is 419 g/mol. The fourth-order valence-electron chi connectivity index (χ4n) is 3.08. The summed E-state index contributed by atoms with van der Waals surface area (Å²) in [4.78, 5) is 29.6. The quantitative estimate of drug-likeness (QED) is 0.486. The highest BCUT2D eigenvalue weighted by molar-refractivity contribution is 7.15. The van der Waals surface area contributed by atoms with Crippen LogP contribution in [0.3, 0.4) is 0 Å². The molecule has 8 heteroatoms. The Morgan fingerprint density at radius 1 is 1.07 bits per heavy atom. The minimum atomic E-state index is -0.678. The lowest BCUT2D eigenvalue weighted by molar-refractivity contribution is -0.136. The van der Waals surface area contributed by atoms with Crippen molar-refractivity contribution in [2.75, 3.05) is 11.9 Å². The van der Waals surface area contributed by atoms with Crippen LogP contribution >= 0.6 is 11.3 Å². The molecule has 2 amide bonds. The zero-order valence-corrected chi connectivity index (χ0v) is 17.5. The number of aryl methyl sites for hydroxylation is 2. The maximum Gasteiger partial charge on any atom is 0.313 e. The molecule has 0 aliphatic carbocycles. The van der Waals surface area contributed by atoms with E-state index in [-0.39, 0.29) is 0 Å². The van der Waals surface area contributed by atoms with Gasteiger partial charge in [-0.05, 0) is 31.5 Å². The van der Waals surface area contributed by atoms with E-state index in [1.54, 1.807) is 10.6 Å². The molecule has 0 unspecified atom stereocenters. The Kier molecular flexibility index (Phi) is 5.58. The maximum atomic E-state index is 12.1. The van der Waals surface area contributed by atoms with Gasteiger partial charge in [0.2, 0.25) is 4.96 Å². The third-order valence-electron chi connectivity index (χ3n) is 4.69. The standard InChI is InChI=1S/C22H21N5O2S/c1-14-6-5-8-16(12-14)19-25-22-27(26-19)17(13-30-22)10-11-23-20(28)21(29)24-18-9-4-3-7-15(18)2/h3-9,12-13H,10-11H2,1-2H3,(H,23,28)(H,24,29). The number of para-hydroxylation sites is 1. The summed E-state index contributed by atoms with van der Waals surface area (Å²) in [6.07, 6.45) is 0.542. The number of carbonyl (C=O) groups is 2. The first-order valence-corrected chi connectivity index (χ1v) is 10.4. The largest absolute Gasteiger partial charge is 0.347 e. The molecule has 30 heavy (non-hydrogen) atoms. The van der Waals surface area contributed by atoms with Crippen LogP contribution in [-0.2, 0) is 16.0 Å². The predicted octanol–water partition coefficient (Wildman–Crippen LogP) is 3.37. The van der Waals surface area contributed by atoms with Gasteiger partial charge in [-0.3, -0.25) is 9.59 Å². The molecule has 0 saturated carbocycles. The van der Waals surface area contributed by atoms with Gasteiger partial charge in [0.15, 0.2) is 5.82 Å². The van der Waals surface area contributed by atoms with Crippen LogP contribution in [0.1, 0.15) is 16.8 Å². The second kappa shape index (κ2) is 8.46. The van der Waals surface area contributed by atoms with E-state index in [2.05, 4.69) is 20.7 Å². The van der Waals surface area contributed by atoms with Crippen molar-refractivity contribution >= 4 is 33.8 Å². The van der Waals surface area contributed by atoms with Crippen molar-refractivity contribution in [3.63, 3.8) is 0 Å². The predicted molar refractivity (Wildman–Crippen MR) is 118 cm³/mol. The van der Waals surface area contributed by atoms with Gasteiger partial charge in [0.25, 0.3) is 0 Å². The molecule has 2 aromatic carbocycles. The summed E-state index contributed by atoms with van der Waals surface area (Å²) >= 11 is 1.50. The zero-order valence-electron chi connectivity index (χ0n) is 16.7. The number of anilines is 1. The van der Waals surface area contributed by atoms with E-state index in [9.17, 15) is 9.59 Å². The van der Waals surface area contributed by atoms with E-state index in [4.69, 9.17) is 0 Å². The van der Waals surface area contributed by atoms with Gasteiger partial charge in [-0.1, -0.05) is 42.0 Å². The molecule has 0 spiro atoms. The van der Waals surface area contributed by atoms with Crippen LogP contribution in [-0.4, -0.2) is 33.0 Å². The average Bonchev–Trinajstić information content (AvgIpc) is 3.31. The molecular formula is C22H21N5O2S. The molecule has 0 fully saturated rings. The highest BCUT2D eigenvalue weighted by atomic mass is 32.1. The summed E-state index contributed by atoms with van der Waals surface area (Å²) in [5.74, 6) is -0.667. The van der Waals surface area contributed by atoms with E-state index < -0.39 is 11.8 Å². The normalized spacial score (nSPS) is 10.9. The highest BCUT2D eigenvalue weighted by Crippen LogP contribution is 2.21. The Morgan fingerprint density at radius 2 is 1.90 bits per heavy atom. The Balaban J connectivity index is 1.37. The topological polar surface area (TPSA) is 88.4 Å². The molecule has 152 valence electrons. The van der Waals surface area contributed by atoms with Crippen molar-refractivity contribution in [2.45, 2.75) is 20.3 Å². The minimum Gasteiger partial charge on any atom is -0.347 e. The SMILES string of the molecule is Cc1cccc(-c2nc3scc(CCNC(=O)C(=O)Nc4ccccc4C)n3n2)c1. The van der Waals surface area contributed by atoms with Gasteiger partial charge in [-0.25, -0.2) is 4.52 Å². The maximum absolute atomic E-state index is 12.1. The molecule has 0 atom stereocenters. The van der Waals surface area contributed by atoms with Crippen LogP contribution in [0.5, 0.6) is 0 Å². The lowest BCUT2D eigenvalue weighted by atomic mass is 10.1. The van der Waals surface area contributed by atoms with E-state index in [0.717, 1.165) is 27.3 Å². The van der Waals surface area contributed by atoms with Crippen LogP contribution in [0.4, 0.5) is 5.69 Å². The Bertz CT molecular complexity index is 1230. The van der Waals surface area contributed by atoms with Crippen LogP contribution in [0.15, 0.2) is 53.9 Å². The Morgan fingerprint density at radius 3 is 2.70 bits per heavy atom. The van der Waals surface area contributed by atoms with Gasteiger partial charge in [-0.2, -0.15) is 4.98 Å². The third-order valence-corrected chi connectivity index (χ3v) is 5.56. The third kappa shape index (κ3) is 4.23. The van der Waals surface area contributed by atoms with Gasteiger partial charge in [0, 0.05) is 29.6 Å². The number of hydrogen-bond donors (Lipinski definition) is 2. The van der Waals surface area contributed by atoms with Crippen LogP contribution < -0.4 is 10.6 Å². The number of nitrogens with zero attached hydrogens (tertiary/aromatic N) is 3. The lowest BCUT2D eigenvalue weighted by Gasteiger charge is -2.08. The van der Waals surface area contributed by atoms with Gasteiger partial charge in [0.05, 0.1) is 5.69 Å². The van der Waals surface area contributed by atoms with Crippen molar-refractivity contribution < 1.29 is 9.59 Å². The number of amides is 2. The molecule has 0 radical (unpaired) electrons. The zero-order chi connectivity index (χ0) is 21.1.